The van der Waals surface area contributed by atoms with Crippen LogP contribution in [-0.4, -0.2) is 54.6 Å². The molecule has 1 rings (SSSR count). The average molecular weight is 308 g/mol. The molecule has 1 saturated carbocycles. The summed E-state index contributed by atoms with van der Waals surface area (Å²) in [6, 6.07) is 2.50. The zero-order valence-corrected chi connectivity index (χ0v) is 14.3. The summed E-state index contributed by atoms with van der Waals surface area (Å²) in [5.41, 5.74) is 0. The monoisotopic (exact) mass is 308 g/mol. The van der Waals surface area contributed by atoms with Crippen LogP contribution in [0.25, 0.3) is 0 Å². The normalized spacial score (nSPS) is 15.5. The van der Waals surface area contributed by atoms with Gasteiger partial charge in [0.25, 0.3) is 0 Å². The molecule has 0 aromatic heterocycles. The number of rotatable bonds is 9. The lowest BCUT2D eigenvalue weighted by Crippen LogP contribution is -2.47. The fourth-order valence-corrected chi connectivity index (χ4v) is 3.15. The topological polar surface area (TPSA) is 59.4 Å². The number of carbonyl (C=O) groups excluding carboxylic acids is 1. The molecule has 1 fully saturated rings. The first-order valence-electron chi connectivity index (χ1n) is 8.86. The van der Waals surface area contributed by atoms with E-state index in [4.69, 9.17) is 5.26 Å². The molecule has 0 aromatic rings. The molecule has 5 heteroatoms. The molecule has 0 aliphatic heterocycles. The lowest BCUT2D eigenvalue weighted by molar-refractivity contribution is 0.156. The average Bonchev–Trinajstić information content (AvgIpc) is 2.56. The first-order chi connectivity index (χ1) is 10.7. The van der Waals surface area contributed by atoms with Gasteiger partial charge in [-0.25, -0.2) is 4.79 Å². The van der Waals surface area contributed by atoms with Gasteiger partial charge in [-0.05, 0) is 38.9 Å². The molecule has 0 aromatic carbocycles. The van der Waals surface area contributed by atoms with Crippen molar-refractivity contribution in [2.45, 2.75) is 64.8 Å². The van der Waals surface area contributed by atoms with Gasteiger partial charge >= 0.3 is 6.03 Å². The van der Waals surface area contributed by atoms with E-state index in [9.17, 15) is 4.79 Å². The number of nitrogens with one attached hydrogen (secondary N) is 1. The van der Waals surface area contributed by atoms with Gasteiger partial charge in [-0.2, -0.15) is 5.26 Å². The van der Waals surface area contributed by atoms with Crippen LogP contribution in [0.4, 0.5) is 4.79 Å². The van der Waals surface area contributed by atoms with Gasteiger partial charge in [0, 0.05) is 19.1 Å². The molecule has 126 valence electrons. The Bertz CT molecular complexity index is 343. The molecule has 0 radical (unpaired) electrons. The molecule has 0 unspecified atom stereocenters. The number of carbonyl (C=O) groups is 1. The number of urea groups is 1. The molecule has 5 nitrogen and oxygen atoms in total. The zero-order chi connectivity index (χ0) is 16.2. The maximum atomic E-state index is 12.4. The molecular weight excluding hydrogens is 276 g/mol. The van der Waals surface area contributed by atoms with E-state index in [2.05, 4.69) is 30.1 Å². The Kier molecular flexibility index (Phi) is 9.65. The fraction of sp³-hybridized carbons (Fsp3) is 0.882. The highest BCUT2D eigenvalue weighted by Crippen LogP contribution is 2.22. The van der Waals surface area contributed by atoms with Crippen molar-refractivity contribution in [3.05, 3.63) is 0 Å². The van der Waals surface area contributed by atoms with Crippen LogP contribution in [0, 0.1) is 11.3 Å². The third kappa shape index (κ3) is 6.65. The second-order valence-electron chi connectivity index (χ2n) is 6.01. The standard InChI is InChI=1S/C17H32N4O/c1-3-20(4-2)14-9-13-19-17(22)21(15-8-12-18)16-10-6-5-7-11-16/h16H,3-11,13-15H2,1-2H3,(H,19,22). The van der Waals surface area contributed by atoms with Crippen LogP contribution >= 0.6 is 0 Å². The van der Waals surface area contributed by atoms with E-state index in [1.54, 1.807) is 0 Å². The fourth-order valence-electron chi connectivity index (χ4n) is 3.15. The Labute approximate surface area is 135 Å². The predicted molar refractivity (Wildman–Crippen MR) is 89.6 cm³/mol. The van der Waals surface area contributed by atoms with Gasteiger partial charge in [-0.3, -0.25) is 0 Å². The highest BCUT2D eigenvalue weighted by atomic mass is 16.2. The minimum Gasteiger partial charge on any atom is -0.338 e. The summed E-state index contributed by atoms with van der Waals surface area (Å²) >= 11 is 0. The lowest BCUT2D eigenvalue weighted by Gasteiger charge is -2.34. The van der Waals surface area contributed by atoms with Gasteiger partial charge < -0.3 is 15.1 Å². The molecule has 1 aliphatic rings. The number of amides is 2. The van der Waals surface area contributed by atoms with Crippen LogP contribution < -0.4 is 5.32 Å². The van der Waals surface area contributed by atoms with E-state index < -0.39 is 0 Å². The molecule has 0 atom stereocenters. The van der Waals surface area contributed by atoms with E-state index in [1.165, 1.54) is 19.3 Å². The van der Waals surface area contributed by atoms with E-state index in [0.29, 0.717) is 25.6 Å². The van der Waals surface area contributed by atoms with Gasteiger partial charge in [0.05, 0.1) is 12.5 Å². The third-order valence-corrected chi connectivity index (χ3v) is 4.56. The van der Waals surface area contributed by atoms with Crippen molar-refractivity contribution in [3.63, 3.8) is 0 Å². The SMILES string of the molecule is CCN(CC)CCCNC(=O)N(CCC#N)C1CCCCC1. The van der Waals surface area contributed by atoms with Crippen LogP contribution in [0.1, 0.15) is 58.8 Å². The summed E-state index contributed by atoms with van der Waals surface area (Å²) in [6.45, 7) is 8.73. The van der Waals surface area contributed by atoms with Crippen LogP contribution in [0.2, 0.25) is 0 Å². The Hall–Kier alpha value is -1.28. The Morgan fingerprint density at radius 3 is 2.45 bits per heavy atom. The lowest BCUT2D eigenvalue weighted by atomic mass is 9.94. The van der Waals surface area contributed by atoms with Crippen molar-refractivity contribution in [2.75, 3.05) is 32.7 Å². The molecular formula is C17H32N4O. The molecule has 2 amide bonds. The van der Waals surface area contributed by atoms with Gasteiger partial charge in [0.2, 0.25) is 0 Å². The minimum absolute atomic E-state index is 0.0155. The van der Waals surface area contributed by atoms with E-state index in [-0.39, 0.29) is 6.03 Å². The Morgan fingerprint density at radius 1 is 1.18 bits per heavy atom. The van der Waals surface area contributed by atoms with Gasteiger partial charge in [-0.15, -0.1) is 0 Å². The third-order valence-electron chi connectivity index (χ3n) is 4.56. The first-order valence-corrected chi connectivity index (χ1v) is 8.86. The predicted octanol–water partition coefficient (Wildman–Crippen LogP) is 2.98. The molecule has 1 N–H and O–H groups in total. The largest absolute Gasteiger partial charge is 0.338 e. The van der Waals surface area contributed by atoms with E-state index >= 15 is 0 Å². The first kappa shape index (κ1) is 18.8. The molecule has 0 spiro atoms. The van der Waals surface area contributed by atoms with Crippen LogP contribution in [0.15, 0.2) is 0 Å². The van der Waals surface area contributed by atoms with Gasteiger partial charge in [0.15, 0.2) is 0 Å². The molecule has 0 heterocycles. The van der Waals surface area contributed by atoms with Crippen molar-refractivity contribution >= 4 is 6.03 Å². The summed E-state index contributed by atoms with van der Waals surface area (Å²) in [4.78, 5) is 16.7. The van der Waals surface area contributed by atoms with Crippen molar-refractivity contribution in [1.82, 2.24) is 15.1 Å². The van der Waals surface area contributed by atoms with Gasteiger partial charge in [-0.1, -0.05) is 33.1 Å². The number of hydrogen-bond donors (Lipinski definition) is 1. The van der Waals surface area contributed by atoms with Crippen molar-refractivity contribution in [3.8, 4) is 6.07 Å². The van der Waals surface area contributed by atoms with Crippen molar-refractivity contribution in [2.24, 2.45) is 0 Å². The molecule has 22 heavy (non-hydrogen) atoms. The molecule has 1 aliphatic carbocycles. The quantitative estimate of drug-likeness (QED) is 0.666. The smallest absolute Gasteiger partial charge is 0.317 e. The van der Waals surface area contributed by atoms with E-state index in [1.807, 2.05) is 4.90 Å². The van der Waals surface area contributed by atoms with Crippen LogP contribution in [0.5, 0.6) is 0 Å². The highest BCUT2D eigenvalue weighted by Gasteiger charge is 2.24. The summed E-state index contributed by atoms with van der Waals surface area (Å²) < 4.78 is 0. The molecule has 0 bridgehead atoms. The zero-order valence-electron chi connectivity index (χ0n) is 14.3. The highest BCUT2D eigenvalue weighted by molar-refractivity contribution is 5.74. The second kappa shape index (κ2) is 11.3. The maximum Gasteiger partial charge on any atom is 0.317 e. The van der Waals surface area contributed by atoms with Crippen LogP contribution in [-0.2, 0) is 0 Å². The summed E-state index contributed by atoms with van der Waals surface area (Å²) in [5.74, 6) is 0. The Morgan fingerprint density at radius 2 is 1.86 bits per heavy atom. The van der Waals surface area contributed by atoms with Crippen LogP contribution in [0.3, 0.4) is 0 Å². The number of hydrogen-bond acceptors (Lipinski definition) is 3. The Balaban J connectivity index is 2.37. The van der Waals surface area contributed by atoms with E-state index in [0.717, 1.165) is 38.9 Å². The summed E-state index contributed by atoms with van der Waals surface area (Å²) in [5, 5.41) is 11.9. The molecule has 0 saturated heterocycles. The summed E-state index contributed by atoms with van der Waals surface area (Å²) in [6.07, 6.45) is 7.23. The van der Waals surface area contributed by atoms with Crippen molar-refractivity contribution < 1.29 is 4.79 Å². The minimum atomic E-state index is 0.0155. The number of nitriles is 1. The maximum absolute atomic E-state index is 12.4. The number of nitrogens with zero attached hydrogens (tertiary/aromatic N) is 3. The summed E-state index contributed by atoms with van der Waals surface area (Å²) in [7, 11) is 0. The van der Waals surface area contributed by atoms with Gasteiger partial charge in [0.1, 0.15) is 0 Å². The van der Waals surface area contributed by atoms with Crippen molar-refractivity contribution in [1.29, 1.82) is 5.26 Å². The second-order valence-corrected chi connectivity index (χ2v) is 6.01.